The van der Waals surface area contributed by atoms with Gasteiger partial charge in [-0.05, 0) is 48.9 Å². The van der Waals surface area contributed by atoms with Gasteiger partial charge in [0.1, 0.15) is 0 Å². The van der Waals surface area contributed by atoms with E-state index in [0.717, 1.165) is 24.0 Å². The van der Waals surface area contributed by atoms with Crippen LogP contribution in [0.25, 0.3) is 0 Å². The molecule has 0 spiro atoms. The first-order valence-electron chi connectivity index (χ1n) is 12.7. The molecular formula is C28H38Cl2N3O3+. The fourth-order valence-electron chi connectivity index (χ4n) is 4.83. The van der Waals surface area contributed by atoms with Gasteiger partial charge in [0.2, 0.25) is 0 Å². The van der Waals surface area contributed by atoms with Crippen LogP contribution in [0.15, 0.2) is 53.1 Å². The van der Waals surface area contributed by atoms with E-state index < -0.39 is 5.41 Å². The van der Waals surface area contributed by atoms with Gasteiger partial charge in [-0.25, -0.2) is 0 Å². The number of nitrogens with zero attached hydrogens (tertiary/aromatic N) is 2. The number of ether oxygens (including phenoxy) is 1. The summed E-state index contributed by atoms with van der Waals surface area (Å²) in [6.45, 7) is 3.95. The first kappa shape index (κ1) is 28.6. The van der Waals surface area contributed by atoms with Crippen LogP contribution in [0.5, 0.6) is 0 Å². The molecular weight excluding hydrogens is 497 g/mol. The number of hydrogen-bond donors (Lipinski definition) is 2. The molecule has 8 heteroatoms. The summed E-state index contributed by atoms with van der Waals surface area (Å²) in [6, 6.07) is 15.7. The highest BCUT2D eigenvalue weighted by atomic mass is 35.5. The van der Waals surface area contributed by atoms with E-state index in [2.05, 4.69) is 36.4 Å². The topological polar surface area (TPSA) is 72.8 Å². The second-order valence-electron chi connectivity index (χ2n) is 9.61. The fourth-order valence-corrected chi connectivity index (χ4v) is 5.15. The molecule has 1 atom stereocenters. The van der Waals surface area contributed by atoms with Gasteiger partial charge in [-0.3, -0.25) is 0 Å². The van der Waals surface area contributed by atoms with E-state index in [-0.39, 0.29) is 6.61 Å². The van der Waals surface area contributed by atoms with Crippen LogP contribution >= 0.6 is 23.2 Å². The zero-order valence-electron chi connectivity index (χ0n) is 21.5. The highest BCUT2D eigenvalue weighted by Gasteiger charge is 2.45. The highest BCUT2D eigenvalue weighted by Crippen LogP contribution is 2.44. The molecule has 1 aliphatic rings. The SMILES string of the molecule is CCOCc1ccc(Cl)c(Cl)c1.C[NH+](C)Cc1nc(C(CO)(c2ccccc2)C2CCCCC2)no1. The molecule has 1 aliphatic carbocycles. The molecule has 2 N–H and O–H groups in total. The Morgan fingerprint density at radius 1 is 1.06 bits per heavy atom. The monoisotopic (exact) mass is 534 g/mol. The third-order valence-electron chi connectivity index (χ3n) is 6.67. The molecule has 0 amide bonds. The number of nitrogens with one attached hydrogen (secondary N) is 1. The molecule has 2 aromatic carbocycles. The number of hydrogen-bond acceptors (Lipinski definition) is 5. The van der Waals surface area contributed by atoms with Crippen molar-refractivity contribution in [3.05, 3.63) is 81.4 Å². The molecule has 1 aromatic heterocycles. The van der Waals surface area contributed by atoms with Crippen LogP contribution < -0.4 is 4.90 Å². The predicted octanol–water partition coefficient (Wildman–Crippen LogP) is 5.10. The van der Waals surface area contributed by atoms with Crippen LogP contribution in [0.3, 0.4) is 0 Å². The zero-order valence-corrected chi connectivity index (χ0v) is 23.0. The van der Waals surface area contributed by atoms with Crippen molar-refractivity contribution in [1.29, 1.82) is 0 Å². The second-order valence-corrected chi connectivity index (χ2v) is 10.4. The van der Waals surface area contributed by atoms with Gasteiger partial charge < -0.3 is 19.3 Å². The van der Waals surface area contributed by atoms with Crippen molar-refractivity contribution in [2.24, 2.45) is 5.92 Å². The third-order valence-corrected chi connectivity index (χ3v) is 7.41. The summed E-state index contributed by atoms with van der Waals surface area (Å²) in [6.07, 6.45) is 5.86. The van der Waals surface area contributed by atoms with Crippen molar-refractivity contribution in [3.63, 3.8) is 0 Å². The predicted molar refractivity (Wildman–Crippen MR) is 143 cm³/mol. The van der Waals surface area contributed by atoms with Gasteiger partial charge in [-0.2, -0.15) is 4.98 Å². The lowest BCUT2D eigenvalue weighted by Crippen LogP contribution is -3.04. The molecule has 0 radical (unpaired) electrons. The van der Waals surface area contributed by atoms with Crippen molar-refractivity contribution in [2.75, 3.05) is 27.3 Å². The van der Waals surface area contributed by atoms with Crippen molar-refractivity contribution < 1.29 is 19.3 Å². The molecule has 4 rings (SSSR count). The Hall–Kier alpha value is -1.96. The van der Waals surface area contributed by atoms with E-state index in [1.165, 1.54) is 24.2 Å². The first-order chi connectivity index (χ1) is 17.4. The first-order valence-corrected chi connectivity index (χ1v) is 13.5. The number of rotatable bonds is 9. The standard InChI is InChI=1S/C19H27N3O2.C9H10Cl2O/c1-22(2)13-17-20-18(21-24-17)19(14-23,15-9-5-3-6-10-15)16-11-7-4-8-12-16;1-2-12-6-7-3-4-8(10)9(11)5-7/h3,5-6,9-10,16,23H,4,7-8,11-14H2,1-2H3;3-5H,2,6H2,1H3/p+1. The smallest absolute Gasteiger partial charge is 0.281 e. The van der Waals surface area contributed by atoms with Crippen molar-refractivity contribution in [1.82, 2.24) is 10.1 Å². The van der Waals surface area contributed by atoms with Crippen molar-refractivity contribution in [3.8, 4) is 0 Å². The average Bonchev–Trinajstić information content (AvgIpc) is 3.35. The Morgan fingerprint density at radius 3 is 2.39 bits per heavy atom. The second kappa shape index (κ2) is 14.1. The van der Waals surface area contributed by atoms with Gasteiger partial charge in [0.05, 0.1) is 42.8 Å². The van der Waals surface area contributed by atoms with E-state index in [1.807, 2.05) is 37.3 Å². The molecule has 36 heavy (non-hydrogen) atoms. The van der Waals surface area contributed by atoms with Gasteiger partial charge in [-0.1, -0.05) is 84.0 Å². The quantitative estimate of drug-likeness (QED) is 0.399. The van der Waals surface area contributed by atoms with Crippen LogP contribution in [0.2, 0.25) is 10.0 Å². The Bertz CT molecular complexity index is 1060. The van der Waals surface area contributed by atoms with Gasteiger partial charge in [-0.15, -0.1) is 0 Å². The van der Waals surface area contributed by atoms with E-state index in [9.17, 15) is 5.11 Å². The normalized spacial score (nSPS) is 15.9. The molecule has 1 unspecified atom stereocenters. The van der Waals surface area contributed by atoms with Crippen molar-refractivity contribution >= 4 is 23.2 Å². The summed E-state index contributed by atoms with van der Waals surface area (Å²) in [5, 5.41) is 16.0. The van der Waals surface area contributed by atoms with E-state index in [0.29, 0.717) is 47.4 Å². The van der Waals surface area contributed by atoms with Crippen LogP contribution in [-0.4, -0.2) is 42.6 Å². The molecule has 1 heterocycles. The van der Waals surface area contributed by atoms with Gasteiger partial charge >= 0.3 is 0 Å². The summed E-state index contributed by atoms with van der Waals surface area (Å²) < 4.78 is 10.7. The Labute approximate surface area is 224 Å². The van der Waals surface area contributed by atoms with Crippen molar-refractivity contribution in [2.45, 2.75) is 57.6 Å². The Morgan fingerprint density at radius 2 is 1.78 bits per heavy atom. The lowest BCUT2D eigenvalue weighted by atomic mass is 9.65. The molecule has 1 fully saturated rings. The average molecular weight is 536 g/mol. The summed E-state index contributed by atoms with van der Waals surface area (Å²) in [5.74, 6) is 1.62. The van der Waals surface area contributed by atoms with Crippen LogP contribution in [0, 0.1) is 5.92 Å². The minimum absolute atomic E-state index is 0.00940. The number of halogens is 2. The number of benzene rings is 2. The molecule has 1 saturated carbocycles. The number of aliphatic hydroxyl groups is 1. The van der Waals surface area contributed by atoms with Crippen LogP contribution in [0.4, 0.5) is 0 Å². The largest absolute Gasteiger partial charge is 0.395 e. The number of aliphatic hydroxyl groups excluding tert-OH is 1. The van der Waals surface area contributed by atoms with E-state index >= 15 is 0 Å². The minimum Gasteiger partial charge on any atom is -0.395 e. The molecule has 3 aromatic rings. The van der Waals surface area contributed by atoms with Gasteiger partial charge in [0.15, 0.2) is 12.4 Å². The molecule has 6 nitrogen and oxygen atoms in total. The molecule has 0 bridgehead atoms. The highest BCUT2D eigenvalue weighted by molar-refractivity contribution is 6.42. The third kappa shape index (κ3) is 7.30. The summed E-state index contributed by atoms with van der Waals surface area (Å²) in [4.78, 5) is 5.92. The van der Waals surface area contributed by atoms with Gasteiger partial charge in [0, 0.05) is 6.61 Å². The summed E-state index contributed by atoms with van der Waals surface area (Å²) in [5.41, 5.74) is 1.57. The maximum Gasteiger partial charge on any atom is 0.281 e. The maximum absolute atomic E-state index is 10.5. The van der Waals surface area contributed by atoms with E-state index in [1.54, 1.807) is 6.07 Å². The maximum atomic E-state index is 10.5. The van der Waals surface area contributed by atoms with E-state index in [4.69, 9.17) is 32.5 Å². The Balaban J connectivity index is 0.000000253. The molecule has 196 valence electrons. The number of quaternary nitrogens is 1. The lowest BCUT2D eigenvalue weighted by Gasteiger charge is -2.39. The van der Waals surface area contributed by atoms with Crippen LogP contribution in [-0.2, 0) is 23.3 Å². The lowest BCUT2D eigenvalue weighted by molar-refractivity contribution is -0.874. The zero-order chi connectivity index (χ0) is 26.0. The molecule has 0 saturated heterocycles. The fraction of sp³-hybridized carbons (Fsp3) is 0.500. The minimum atomic E-state index is -0.564. The van der Waals surface area contributed by atoms with Gasteiger partial charge in [0.25, 0.3) is 5.89 Å². The summed E-state index contributed by atoms with van der Waals surface area (Å²) in [7, 11) is 4.11. The van der Waals surface area contributed by atoms with Crippen LogP contribution in [0.1, 0.15) is 61.9 Å². The number of aromatic nitrogens is 2. The Kier molecular flexibility index (Phi) is 11.2. The summed E-state index contributed by atoms with van der Waals surface area (Å²) >= 11 is 11.5. The molecule has 0 aliphatic heterocycles.